The van der Waals surface area contributed by atoms with Gasteiger partial charge in [-0.15, -0.1) is 0 Å². The van der Waals surface area contributed by atoms with Gasteiger partial charge in [0.25, 0.3) is 11.8 Å². The van der Waals surface area contributed by atoms with Crippen LogP contribution in [0, 0.1) is 0 Å². The summed E-state index contributed by atoms with van der Waals surface area (Å²) >= 11 is 0. The van der Waals surface area contributed by atoms with Crippen molar-refractivity contribution >= 4 is 35.5 Å². The maximum absolute atomic E-state index is 12.2. The van der Waals surface area contributed by atoms with Gasteiger partial charge in [0, 0.05) is 0 Å². The van der Waals surface area contributed by atoms with E-state index in [0.717, 1.165) is 4.90 Å². The minimum atomic E-state index is -0.709. The fourth-order valence-corrected chi connectivity index (χ4v) is 2.31. The molecule has 148 valence electrons. The Morgan fingerprint density at radius 1 is 0.821 bits per heavy atom. The second-order valence-electron chi connectivity index (χ2n) is 5.65. The van der Waals surface area contributed by atoms with Crippen molar-refractivity contribution in [1.82, 2.24) is 20.9 Å². The summed E-state index contributed by atoms with van der Waals surface area (Å²) in [7, 11) is 1.17. The van der Waals surface area contributed by atoms with Crippen molar-refractivity contribution in [1.29, 1.82) is 0 Å². The number of benzene rings is 1. The van der Waals surface area contributed by atoms with Crippen molar-refractivity contribution < 1.29 is 33.5 Å². The van der Waals surface area contributed by atoms with Gasteiger partial charge in [0.05, 0.1) is 31.3 Å². The monoisotopic (exact) mass is 390 g/mol. The van der Waals surface area contributed by atoms with Crippen LogP contribution in [0.5, 0.6) is 0 Å². The molecule has 0 unspecified atom stereocenters. The Hall–Kier alpha value is -3.76. The van der Waals surface area contributed by atoms with Crippen LogP contribution in [0.1, 0.15) is 20.7 Å². The molecule has 0 saturated carbocycles. The highest BCUT2D eigenvalue weighted by atomic mass is 16.5. The lowest BCUT2D eigenvalue weighted by atomic mass is 10.1. The quantitative estimate of drug-likeness (QED) is 0.337. The highest BCUT2D eigenvalue weighted by Gasteiger charge is 2.36. The number of ether oxygens (including phenoxy) is 1. The Kier molecular flexibility index (Phi) is 6.79. The molecule has 0 bridgehead atoms. The van der Waals surface area contributed by atoms with Crippen LogP contribution in [-0.2, 0) is 23.9 Å². The Morgan fingerprint density at radius 3 is 1.79 bits per heavy atom. The average molecular weight is 390 g/mol. The third-order valence-corrected chi connectivity index (χ3v) is 3.73. The van der Waals surface area contributed by atoms with E-state index in [1.54, 1.807) is 12.1 Å². The highest BCUT2D eigenvalue weighted by molar-refractivity contribution is 6.22. The van der Waals surface area contributed by atoms with Gasteiger partial charge >= 0.3 is 5.97 Å². The molecule has 5 amide bonds. The first kappa shape index (κ1) is 20.6. The Morgan fingerprint density at radius 2 is 1.29 bits per heavy atom. The molecule has 28 heavy (non-hydrogen) atoms. The molecule has 0 saturated heterocycles. The summed E-state index contributed by atoms with van der Waals surface area (Å²) < 4.78 is 4.34. The van der Waals surface area contributed by atoms with Crippen molar-refractivity contribution in [3.63, 3.8) is 0 Å². The molecule has 11 nitrogen and oxygen atoms in total. The lowest BCUT2D eigenvalue weighted by Gasteiger charge is -2.13. The van der Waals surface area contributed by atoms with Crippen LogP contribution in [0.3, 0.4) is 0 Å². The molecule has 1 aromatic carbocycles. The van der Waals surface area contributed by atoms with E-state index in [4.69, 9.17) is 0 Å². The Balaban J connectivity index is 1.72. The number of hydrogen-bond donors (Lipinski definition) is 3. The summed E-state index contributed by atoms with van der Waals surface area (Å²) in [4.78, 5) is 71.0. The normalized spacial score (nSPS) is 12.2. The summed E-state index contributed by atoms with van der Waals surface area (Å²) in [6.45, 7) is -1.71. The van der Waals surface area contributed by atoms with Crippen molar-refractivity contribution in [3.05, 3.63) is 35.4 Å². The van der Waals surface area contributed by atoms with Gasteiger partial charge in [0.15, 0.2) is 0 Å². The van der Waals surface area contributed by atoms with Gasteiger partial charge < -0.3 is 20.7 Å². The first-order valence-electron chi connectivity index (χ1n) is 8.15. The van der Waals surface area contributed by atoms with Crippen LogP contribution in [0.25, 0.3) is 0 Å². The van der Waals surface area contributed by atoms with E-state index in [9.17, 15) is 28.8 Å². The lowest BCUT2D eigenvalue weighted by molar-refractivity contribution is -0.141. The molecule has 1 aliphatic heterocycles. The van der Waals surface area contributed by atoms with E-state index in [1.807, 2.05) is 0 Å². The van der Waals surface area contributed by atoms with Gasteiger partial charge in [-0.05, 0) is 12.1 Å². The second kappa shape index (κ2) is 9.26. The highest BCUT2D eigenvalue weighted by Crippen LogP contribution is 2.21. The smallest absolute Gasteiger partial charge is 0.325 e. The predicted molar refractivity (Wildman–Crippen MR) is 92.9 cm³/mol. The predicted octanol–water partition coefficient (Wildman–Crippen LogP) is -2.20. The van der Waals surface area contributed by atoms with Crippen LogP contribution in [-0.4, -0.2) is 73.7 Å². The molecule has 3 N–H and O–H groups in total. The van der Waals surface area contributed by atoms with Crippen LogP contribution in [0.15, 0.2) is 24.3 Å². The molecule has 0 aromatic heterocycles. The molecule has 1 aromatic rings. The number of amides is 5. The standard InChI is InChI=1S/C17H18N4O7/c1-28-15(25)8-20-13(23)6-18-12(22)7-19-14(24)9-21-16(26)10-4-2-3-5-11(10)17(21)27/h2-5H,6-9H2,1H3,(H,18,22)(H,19,24)(H,20,23). The maximum Gasteiger partial charge on any atom is 0.325 e. The van der Waals surface area contributed by atoms with Crippen molar-refractivity contribution in [2.45, 2.75) is 0 Å². The van der Waals surface area contributed by atoms with Gasteiger partial charge in [-0.2, -0.15) is 0 Å². The second-order valence-corrected chi connectivity index (χ2v) is 5.65. The fraction of sp³-hybridized carbons (Fsp3) is 0.294. The lowest BCUT2D eigenvalue weighted by Crippen LogP contribution is -2.45. The molecule has 0 radical (unpaired) electrons. The van der Waals surface area contributed by atoms with Gasteiger partial charge in [-0.1, -0.05) is 12.1 Å². The summed E-state index contributed by atoms with van der Waals surface area (Å²) in [5, 5.41) is 6.72. The van der Waals surface area contributed by atoms with Crippen molar-refractivity contribution in [2.75, 3.05) is 33.3 Å². The number of carbonyl (C=O) groups excluding carboxylic acids is 6. The Labute approximate surface area is 159 Å². The third kappa shape index (κ3) is 5.13. The average Bonchev–Trinajstić information content (AvgIpc) is 2.94. The van der Waals surface area contributed by atoms with Crippen LogP contribution in [0.4, 0.5) is 0 Å². The number of imide groups is 1. The van der Waals surface area contributed by atoms with E-state index in [2.05, 4.69) is 20.7 Å². The van der Waals surface area contributed by atoms with Crippen molar-refractivity contribution in [2.24, 2.45) is 0 Å². The first-order valence-corrected chi connectivity index (χ1v) is 8.15. The molecule has 11 heteroatoms. The van der Waals surface area contributed by atoms with Crippen LogP contribution in [0.2, 0.25) is 0 Å². The number of methoxy groups -OCH3 is 1. The molecule has 0 fully saturated rings. The molecular formula is C17H18N4O7. The van der Waals surface area contributed by atoms with E-state index in [-0.39, 0.29) is 17.7 Å². The molecule has 2 rings (SSSR count). The number of esters is 1. The zero-order chi connectivity index (χ0) is 20.7. The van der Waals surface area contributed by atoms with E-state index in [1.165, 1.54) is 19.2 Å². The van der Waals surface area contributed by atoms with Gasteiger partial charge in [0.1, 0.15) is 13.1 Å². The summed E-state index contributed by atoms with van der Waals surface area (Å²) in [5.41, 5.74) is 0.437. The molecule has 1 heterocycles. The first-order chi connectivity index (χ1) is 13.3. The number of nitrogens with one attached hydrogen (secondary N) is 3. The number of hydrogen-bond acceptors (Lipinski definition) is 7. The van der Waals surface area contributed by atoms with Gasteiger partial charge in [0.2, 0.25) is 17.7 Å². The minimum absolute atomic E-state index is 0.219. The summed E-state index contributed by atoms with van der Waals surface area (Å²) in [6.07, 6.45) is 0. The largest absolute Gasteiger partial charge is 0.468 e. The number of carbonyl (C=O) groups is 6. The Bertz CT molecular complexity index is 802. The van der Waals surface area contributed by atoms with E-state index in [0.29, 0.717) is 0 Å². The minimum Gasteiger partial charge on any atom is -0.468 e. The number of nitrogens with zero attached hydrogens (tertiary/aromatic N) is 1. The van der Waals surface area contributed by atoms with E-state index < -0.39 is 55.1 Å². The maximum atomic E-state index is 12.2. The molecule has 0 aliphatic carbocycles. The number of rotatable bonds is 8. The van der Waals surface area contributed by atoms with Gasteiger partial charge in [-0.25, -0.2) is 0 Å². The SMILES string of the molecule is COC(=O)CNC(=O)CNC(=O)CNC(=O)CN1C(=O)c2ccccc2C1=O. The molecular weight excluding hydrogens is 372 g/mol. The topological polar surface area (TPSA) is 151 Å². The zero-order valence-corrected chi connectivity index (χ0v) is 14.9. The van der Waals surface area contributed by atoms with Gasteiger partial charge in [-0.3, -0.25) is 33.7 Å². The zero-order valence-electron chi connectivity index (χ0n) is 14.9. The fourth-order valence-electron chi connectivity index (χ4n) is 2.31. The van der Waals surface area contributed by atoms with Crippen LogP contribution >= 0.6 is 0 Å². The molecule has 0 spiro atoms. The molecule has 0 atom stereocenters. The summed E-state index contributed by atoms with van der Waals surface area (Å²) in [6, 6.07) is 6.21. The summed E-state index contributed by atoms with van der Waals surface area (Å²) in [5.74, 6) is -3.79. The van der Waals surface area contributed by atoms with Crippen LogP contribution < -0.4 is 16.0 Å². The number of fused-ring (bicyclic) bond motifs is 1. The molecule has 1 aliphatic rings. The van der Waals surface area contributed by atoms with Crippen molar-refractivity contribution in [3.8, 4) is 0 Å². The van der Waals surface area contributed by atoms with E-state index >= 15 is 0 Å². The third-order valence-electron chi connectivity index (χ3n) is 3.73.